The number of hydrogen-bond acceptors (Lipinski definition) is 3. The van der Waals surface area contributed by atoms with Crippen molar-refractivity contribution in [2.45, 2.75) is 32.2 Å². The number of aryl methyl sites for hydroxylation is 1. The highest BCUT2D eigenvalue weighted by molar-refractivity contribution is 5.95. The second-order valence-electron chi connectivity index (χ2n) is 6.33. The normalized spacial score (nSPS) is 20.4. The lowest BCUT2D eigenvalue weighted by Gasteiger charge is -2.19. The van der Waals surface area contributed by atoms with Gasteiger partial charge in [0.2, 0.25) is 0 Å². The van der Waals surface area contributed by atoms with Crippen LogP contribution in [0, 0.1) is 12.8 Å². The van der Waals surface area contributed by atoms with E-state index in [2.05, 4.69) is 41.5 Å². The number of nitrogens with zero attached hydrogens (tertiary/aromatic N) is 1. The zero-order chi connectivity index (χ0) is 16.2. The van der Waals surface area contributed by atoms with E-state index in [0.717, 1.165) is 30.4 Å². The summed E-state index contributed by atoms with van der Waals surface area (Å²) in [7, 11) is 0. The predicted octanol–water partition coefficient (Wildman–Crippen LogP) is 2.91. The van der Waals surface area contributed by atoms with Crippen LogP contribution in [-0.2, 0) is 0 Å². The van der Waals surface area contributed by atoms with Gasteiger partial charge in [0.15, 0.2) is 0 Å². The van der Waals surface area contributed by atoms with Crippen molar-refractivity contribution >= 4 is 5.91 Å². The van der Waals surface area contributed by atoms with Crippen LogP contribution in [0.5, 0.6) is 0 Å². The van der Waals surface area contributed by atoms with E-state index < -0.39 is 0 Å². The number of nitrogens with two attached hydrogens (primary N) is 1. The molecule has 1 aliphatic rings. The largest absolute Gasteiger partial charge is 0.349 e. The van der Waals surface area contributed by atoms with E-state index in [1.807, 2.05) is 6.07 Å². The highest BCUT2D eigenvalue weighted by atomic mass is 16.1. The molecule has 1 saturated carbocycles. The molecule has 0 spiro atoms. The van der Waals surface area contributed by atoms with Crippen molar-refractivity contribution in [2.75, 3.05) is 6.54 Å². The van der Waals surface area contributed by atoms with Crippen LogP contribution >= 0.6 is 0 Å². The molecule has 1 amide bonds. The number of pyridine rings is 1. The molecule has 0 radical (unpaired) electrons. The van der Waals surface area contributed by atoms with Crippen LogP contribution in [0.4, 0.5) is 0 Å². The van der Waals surface area contributed by atoms with Gasteiger partial charge in [-0.1, -0.05) is 36.2 Å². The molecule has 4 nitrogen and oxygen atoms in total. The molecule has 0 bridgehead atoms. The minimum atomic E-state index is -0.0585. The SMILES string of the molecule is Cc1ccc(-c2cncc(C(=O)NC3CCCC3CN)c2)cc1. The number of carbonyl (C=O) groups is 1. The van der Waals surface area contributed by atoms with Crippen LogP contribution in [-0.4, -0.2) is 23.5 Å². The summed E-state index contributed by atoms with van der Waals surface area (Å²) >= 11 is 0. The molecule has 1 aliphatic carbocycles. The highest BCUT2D eigenvalue weighted by Gasteiger charge is 2.27. The maximum Gasteiger partial charge on any atom is 0.253 e. The maximum atomic E-state index is 12.5. The first kappa shape index (κ1) is 15.7. The number of amides is 1. The minimum absolute atomic E-state index is 0.0585. The van der Waals surface area contributed by atoms with Gasteiger partial charge in [0.05, 0.1) is 5.56 Å². The molecule has 2 atom stereocenters. The molecular weight excluding hydrogens is 286 g/mol. The fourth-order valence-electron chi connectivity index (χ4n) is 3.23. The third-order valence-corrected chi connectivity index (χ3v) is 4.66. The quantitative estimate of drug-likeness (QED) is 0.912. The summed E-state index contributed by atoms with van der Waals surface area (Å²) in [4.78, 5) is 16.7. The summed E-state index contributed by atoms with van der Waals surface area (Å²) in [5.74, 6) is 0.337. The van der Waals surface area contributed by atoms with Crippen molar-refractivity contribution in [2.24, 2.45) is 11.7 Å². The first-order valence-electron chi connectivity index (χ1n) is 8.20. The average molecular weight is 309 g/mol. The van der Waals surface area contributed by atoms with Crippen LogP contribution in [0.25, 0.3) is 11.1 Å². The molecule has 1 heterocycles. The number of carbonyl (C=O) groups excluding carboxylic acids is 1. The van der Waals surface area contributed by atoms with E-state index in [4.69, 9.17) is 5.73 Å². The van der Waals surface area contributed by atoms with Gasteiger partial charge >= 0.3 is 0 Å². The molecule has 2 aromatic rings. The summed E-state index contributed by atoms with van der Waals surface area (Å²) in [5.41, 5.74) is 9.63. The van der Waals surface area contributed by atoms with Gasteiger partial charge in [-0.2, -0.15) is 0 Å². The maximum absolute atomic E-state index is 12.5. The van der Waals surface area contributed by atoms with Crippen LogP contribution in [0.1, 0.15) is 35.2 Å². The van der Waals surface area contributed by atoms with E-state index in [1.165, 1.54) is 5.56 Å². The molecule has 2 unspecified atom stereocenters. The molecule has 23 heavy (non-hydrogen) atoms. The fourth-order valence-corrected chi connectivity index (χ4v) is 3.23. The number of aromatic nitrogens is 1. The van der Waals surface area contributed by atoms with Crippen LogP contribution < -0.4 is 11.1 Å². The van der Waals surface area contributed by atoms with Gasteiger partial charge in [-0.05, 0) is 43.9 Å². The molecule has 1 fully saturated rings. The molecule has 0 aliphatic heterocycles. The van der Waals surface area contributed by atoms with Gasteiger partial charge in [-0.15, -0.1) is 0 Å². The third-order valence-electron chi connectivity index (χ3n) is 4.66. The van der Waals surface area contributed by atoms with E-state index in [-0.39, 0.29) is 11.9 Å². The topological polar surface area (TPSA) is 68.0 Å². The Labute approximate surface area is 137 Å². The summed E-state index contributed by atoms with van der Waals surface area (Å²) in [6.45, 7) is 2.69. The van der Waals surface area contributed by atoms with Crippen LogP contribution in [0.3, 0.4) is 0 Å². The second-order valence-corrected chi connectivity index (χ2v) is 6.33. The Morgan fingerprint density at radius 1 is 1.22 bits per heavy atom. The Morgan fingerprint density at radius 3 is 2.74 bits per heavy atom. The Bertz CT molecular complexity index is 681. The van der Waals surface area contributed by atoms with Crippen molar-refractivity contribution in [3.63, 3.8) is 0 Å². The van der Waals surface area contributed by atoms with E-state index in [9.17, 15) is 4.79 Å². The van der Waals surface area contributed by atoms with Crippen molar-refractivity contribution in [3.05, 3.63) is 53.9 Å². The zero-order valence-electron chi connectivity index (χ0n) is 13.5. The monoisotopic (exact) mass is 309 g/mol. The first-order chi connectivity index (χ1) is 11.2. The van der Waals surface area contributed by atoms with E-state index in [0.29, 0.717) is 18.0 Å². The molecular formula is C19H23N3O. The lowest BCUT2D eigenvalue weighted by Crippen LogP contribution is -2.39. The molecule has 0 saturated heterocycles. The Morgan fingerprint density at radius 2 is 2.00 bits per heavy atom. The summed E-state index contributed by atoms with van der Waals surface area (Å²) in [6.07, 6.45) is 6.66. The van der Waals surface area contributed by atoms with Gasteiger partial charge in [0.1, 0.15) is 0 Å². The predicted molar refractivity (Wildman–Crippen MR) is 92.1 cm³/mol. The van der Waals surface area contributed by atoms with Gasteiger partial charge in [-0.25, -0.2) is 0 Å². The third kappa shape index (κ3) is 3.59. The van der Waals surface area contributed by atoms with Crippen molar-refractivity contribution in [1.82, 2.24) is 10.3 Å². The number of hydrogen-bond donors (Lipinski definition) is 2. The number of nitrogens with one attached hydrogen (secondary N) is 1. The Hall–Kier alpha value is -2.20. The highest BCUT2D eigenvalue weighted by Crippen LogP contribution is 2.25. The zero-order valence-corrected chi connectivity index (χ0v) is 13.5. The standard InChI is InChI=1S/C19H23N3O/c1-13-5-7-14(8-6-13)16-9-17(12-21-11-16)19(23)22-18-4-2-3-15(18)10-20/h5-9,11-12,15,18H,2-4,10,20H2,1H3,(H,22,23). The van der Waals surface area contributed by atoms with Crippen molar-refractivity contribution in [1.29, 1.82) is 0 Å². The second kappa shape index (κ2) is 6.92. The number of benzene rings is 1. The van der Waals surface area contributed by atoms with Gasteiger partial charge in [0.25, 0.3) is 5.91 Å². The molecule has 1 aromatic carbocycles. The summed E-state index contributed by atoms with van der Waals surface area (Å²) < 4.78 is 0. The lowest BCUT2D eigenvalue weighted by atomic mass is 10.0. The Kier molecular flexibility index (Phi) is 4.72. The van der Waals surface area contributed by atoms with Gasteiger partial charge in [-0.3, -0.25) is 9.78 Å². The van der Waals surface area contributed by atoms with Crippen molar-refractivity contribution in [3.8, 4) is 11.1 Å². The van der Waals surface area contributed by atoms with E-state index in [1.54, 1.807) is 12.4 Å². The Balaban J connectivity index is 1.76. The first-order valence-corrected chi connectivity index (χ1v) is 8.20. The van der Waals surface area contributed by atoms with Crippen LogP contribution in [0.2, 0.25) is 0 Å². The van der Waals surface area contributed by atoms with Gasteiger partial charge in [0, 0.05) is 24.0 Å². The van der Waals surface area contributed by atoms with Crippen molar-refractivity contribution < 1.29 is 4.79 Å². The molecule has 4 heteroatoms. The molecule has 120 valence electrons. The average Bonchev–Trinajstić information content (AvgIpc) is 3.03. The fraction of sp³-hybridized carbons (Fsp3) is 0.368. The molecule has 3 N–H and O–H groups in total. The van der Waals surface area contributed by atoms with Gasteiger partial charge < -0.3 is 11.1 Å². The van der Waals surface area contributed by atoms with Crippen LogP contribution in [0.15, 0.2) is 42.7 Å². The smallest absolute Gasteiger partial charge is 0.253 e. The lowest BCUT2D eigenvalue weighted by molar-refractivity contribution is 0.0928. The molecule has 1 aromatic heterocycles. The summed E-state index contributed by atoms with van der Waals surface area (Å²) in [5, 5.41) is 3.13. The summed E-state index contributed by atoms with van der Waals surface area (Å²) in [6, 6.07) is 10.3. The van der Waals surface area contributed by atoms with E-state index >= 15 is 0 Å². The minimum Gasteiger partial charge on any atom is -0.349 e. The number of rotatable bonds is 4. The molecule has 3 rings (SSSR count).